The van der Waals surface area contributed by atoms with E-state index in [9.17, 15) is 0 Å². The SMILES string of the molecule is Cc1cc(C)cc(-c2cc(-c3c[nH]c4ncccc34)cc(OC(C)(C)C)n2)c1. The lowest BCUT2D eigenvalue weighted by Gasteiger charge is -2.21. The summed E-state index contributed by atoms with van der Waals surface area (Å²) in [5, 5.41) is 1.08. The average molecular weight is 371 g/mol. The highest BCUT2D eigenvalue weighted by Gasteiger charge is 2.17. The van der Waals surface area contributed by atoms with Gasteiger partial charge in [0.25, 0.3) is 0 Å². The van der Waals surface area contributed by atoms with Crippen LogP contribution in [0.15, 0.2) is 54.9 Å². The number of hydrogen-bond donors (Lipinski definition) is 1. The van der Waals surface area contributed by atoms with Gasteiger partial charge in [-0.25, -0.2) is 9.97 Å². The molecule has 0 atom stereocenters. The Morgan fingerprint density at radius 1 is 0.929 bits per heavy atom. The maximum Gasteiger partial charge on any atom is 0.214 e. The highest BCUT2D eigenvalue weighted by molar-refractivity contribution is 5.94. The first-order valence-corrected chi connectivity index (χ1v) is 9.51. The first-order chi connectivity index (χ1) is 13.3. The number of aryl methyl sites for hydroxylation is 2. The van der Waals surface area contributed by atoms with Crippen molar-refractivity contribution in [3.8, 4) is 28.3 Å². The normalized spacial score (nSPS) is 11.8. The van der Waals surface area contributed by atoms with Gasteiger partial charge in [-0.2, -0.15) is 0 Å². The summed E-state index contributed by atoms with van der Waals surface area (Å²) in [4.78, 5) is 12.5. The summed E-state index contributed by atoms with van der Waals surface area (Å²) in [5.74, 6) is 0.623. The number of hydrogen-bond acceptors (Lipinski definition) is 3. The summed E-state index contributed by atoms with van der Waals surface area (Å²) in [6.45, 7) is 10.3. The Labute approximate surface area is 165 Å². The quantitative estimate of drug-likeness (QED) is 0.474. The molecule has 0 saturated carbocycles. The lowest BCUT2D eigenvalue weighted by atomic mass is 10.0. The Morgan fingerprint density at radius 3 is 2.39 bits per heavy atom. The molecule has 4 heteroatoms. The monoisotopic (exact) mass is 371 g/mol. The van der Waals surface area contributed by atoms with E-state index in [-0.39, 0.29) is 5.60 Å². The molecule has 0 fully saturated rings. The summed E-state index contributed by atoms with van der Waals surface area (Å²) in [5.41, 5.74) is 7.14. The Balaban J connectivity index is 1.92. The van der Waals surface area contributed by atoms with E-state index in [4.69, 9.17) is 9.72 Å². The fraction of sp³-hybridized carbons (Fsp3) is 0.250. The van der Waals surface area contributed by atoms with E-state index >= 15 is 0 Å². The molecular formula is C24H25N3O. The summed E-state index contributed by atoms with van der Waals surface area (Å²) < 4.78 is 6.14. The lowest BCUT2D eigenvalue weighted by molar-refractivity contribution is 0.124. The largest absolute Gasteiger partial charge is 0.472 e. The van der Waals surface area contributed by atoms with Crippen molar-refractivity contribution in [2.24, 2.45) is 0 Å². The van der Waals surface area contributed by atoms with Crippen LogP contribution < -0.4 is 4.74 Å². The topological polar surface area (TPSA) is 50.8 Å². The van der Waals surface area contributed by atoms with Gasteiger partial charge in [0.1, 0.15) is 11.2 Å². The van der Waals surface area contributed by atoms with Gasteiger partial charge in [0.15, 0.2) is 0 Å². The van der Waals surface area contributed by atoms with Crippen LogP contribution in [-0.2, 0) is 0 Å². The molecule has 4 aromatic rings. The van der Waals surface area contributed by atoms with Crippen molar-refractivity contribution >= 4 is 11.0 Å². The first-order valence-electron chi connectivity index (χ1n) is 9.51. The van der Waals surface area contributed by atoms with E-state index in [0.29, 0.717) is 5.88 Å². The highest BCUT2D eigenvalue weighted by atomic mass is 16.5. The lowest BCUT2D eigenvalue weighted by Crippen LogP contribution is -2.23. The number of aromatic amines is 1. The van der Waals surface area contributed by atoms with E-state index in [1.165, 1.54) is 11.1 Å². The number of nitrogens with zero attached hydrogens (tertiary/aromatic N) is 2. The Bertz CT molecular complexity index is 1130. The molecule has 0 bridgehead atoms. The third kappa shape index (κ3) is 3.77. The zero-order valence-electron chi connectivity index (χ0n) is 17.0. The third-order valence-electron chi connectivity index (χ3n) is 4.49. The molecule has 3 aromatic heterocycles. The van der Waals surface area contributed by atoms with E-state index < -0.39 is 0 Å². The Kier molecular flexibility index (Phi) is 4.42. The van der Waals surface area contributed by atoms with Gasteiger partial charge < -0.3 is 9.72 Å². The molecule has 0 unspecified atom stereocenters. The minimum atomic E-state index is -0.326. The van der Waals surface area contributed by atoms with Crippen molar-refractivity contribution in [3.63, 3.8) is 0 Å². The molecule has 1 aromatic carbocycles. The number of ether oxygens (including phenoxy) is 1. The Hall–Kier alpha value is -3.14. The molecule has 0 spiro atoms. The summed E-state index contributed by atoms with van der Waals surface area (Å²) >= 11 is 0. The van der Waals surface area contributed by atoms with Crippen molar-refractivity contribution < 1.29 is 4.74 Å². The summed E-state index contributed by atoms with van der Waals surface area (Å²) in [6.07, 6.45) is 3.80. The molecule has 3 heterocycles. The van der Waals surface area contributed by atoms with Crippen LogP contribution in [0.3, 0.4) is 0 Å². The zero-order chi connectivity index (χ0) is 19.9. The molecule has 0 amide bonds. The molecule has 4 nitrogen and oxygen atoms in total. The number of nitrogens with one attached hydrogen (secondary N) is 1. The van der Waals surface area contributed by atoms with Crippen molar-refractivity contribution in [2.45, 2.75) is 40.2 Å². The molecule has 0 saturated heterocycles. The van der Waals surface area contributed by atoms with E-state index in [0.717, 1.165) is 33.4 Å². The van der Waals surface area contributed by atoms with Crippen LogP contribution in [0.5, 0.6) is 5.88 Å². The smallest absolute Gasteiger partial charge is 0.214 e. The van der Waals surface area contributed by atoms with Crippen molar-refractivity contribution in [2.75, 3.05) is 0 Å². The van der Waals surface area contributed by atoms with Gasteiger partial charge in [-0.1, -0.05) is 17.2 Å². The number of aromatic nitrogens is 3. The number of benzene rings is 1. The van der Waals surface area contributed by atoms with Crippen molar-refractivity contribution in [1.29, 1.82) is 0 Å². The average Bonchev–Trinajstić information content (AvgIpc) is 3.03. The fourth-order valence-corrected chi connectivity index (χ4v) is 3.49. The maximum atomic E-state index is 6.14. The summed E-state index contributed by atoms with van der Waals surface area (Å²) in [6, 6.07) is 14.7. The molecular weight excluding hydrogens is 346 g/mol. The second-order valence-corrected chi connectivity index (χ2v) is 8.27. The number of rotatable bonds is 3. The van der Waals surface area contributed by atoms with E-state index in [2.05, 4.69) is 54.1 Å². The maximum absolute atomic E-state index is 6.14. The third-order valence-corrected chi connectivity index (χ3v) is 4.49. The van der Waals surface area contributed by atoms with Crippen LogP contribution in [0.4, 0.5) is 0 Å². The number of fused-ring (bicyclic) bond motifs is 1. The molecule has 142 valence electrons. The molecule has 0 aliphatic heterocycles. The first kappa shape index (κ1) is 18.2. The second-order valence-electron chi connectivity index (χ2n) is 8.27. The standard InChI is InChI=1S/C24H25N3O/c1-15-9-16(2)11-18(10-15)21-12-17(13-22(27-21)28-24(3,4)5)20-14-26-23-19(20)7-6-8-25-23/h6-14H,1-5H3,(H,25,26). The summed E-state index contributed by atoms with van der Waals surface area (Å²) in [7, 11) is 0. The van der Waals surface area contributed by atoms with Gasteiger partial charge in [0, 0.05) is 35.0 Å². The minimum Gasteiger partial charge on any atom is -0.472 e. The predicted molar refractivity (Wildman–Crippen MR) is 115 cm³/mol. The van der Waals surface area contributed by atoms with Crippen molar-refractivity contribution in [3.05, 3.63) is 66.0 Å². The van der Waals surface area contributed by atoms with Gasteiger partial charge >= 0.3 is 0 Å². The highest BCUT2D eigenvalue weighted by Crippen LogP contribution is 2.34. The van der Waals surface area contributed by atoms with Gasteiger partial charge in [0.05, 0.1) is 5.69 Å². The van der Waals surface area contributed by atoms with Crippen LogP contribution in [0.2, 0.25) is 0 Å². The van der Waals surface area contributed by atoms with Crippen LogP contribution >= 0.6 is 0 Å². The van der Waals surface area contributed by atoms with Crippen LogP contribution in [0, 0.1) is 13.8 Å². The second kappa shape index (κ2) is 6.79. The molecule has 0 aliphatic rings. The zero-order valence-corrected chi connectivity index (χ0v) is 17.0. The van der Waals surface area contributed by atoms with E-state index in [1.807, 2.05) is 39.1 Å². The molecule has 0 aliphatic carbocycles. The van der Waals surface area contributed by atoms with Gasteiger partial charge in [-0.3, -0.25) is 0 Å². The molecule has 4 rings (SSSR count). The van der Waals surface area contributed by atoms with Crippen LogP contribution in [0.1, 0.15) is 31.9 Å². The Morgan fingerprint density at radius 2 is 1.68 bits per heavy atom. The molecule has 1 N–H and O–H groups in total. The fourth-order valence-electron chi connectivity index (χ4n) is 3.49. The number of H-pyrrole nitrogens is 1. The van der Waals surface area contributed by atoms with Gasteiger partial charge in [-0.05, 0) is 70.5 Å². The number of pyridine rings is 2. The molecule has 28 heavy (non-hydrogen) atoms. The predicted octanol–water partition coefficient (Wildman–Crippen LogP) is 6.09. The van der Waals surface area contributed by atoms with E-state index in [1.54, 1.807) is 6.20 Å². The van der Waals surface area contributed by atoms with Gasteiger partial charge in [0.2, 0.25) is 5.88 Å². The van der Waals surface area contributed by atoms with Crippen LogP contribution in [-0.4, -0.2) is 20.6 Å². The van der Waals surface area contributed by atoms with Crippen LogP contribution in [0.25, 0.3) is 33.4 Å². The molecule has 0 radical (unpaired) electrons. The van der Waals surface area contributed by atoms with Crippen molar-refractivity contribution in [1.82, 2.24) is 15.0 Å². The minimum absolute atomic E-state index is 0.326. The van der Waals surface area contributed by atoms with Gasteiger partial charge in [-0.15, -0.1) is 0 Å².